The highest BCUT2D eigenvalue weighted by Gasteiger charge is 2.07. The predicted octanol–water partition coefficient (Wildman–Crippen LogP) is 0.922. The first-order chi connectivity index (χ1) is 6.22. The second-order valence-electron chi connectivity index (χ2n) is 2.64. The van der Waals surface area contributed by atoms with E-state index in [1.165, 1.54) is 4.52 Å². The minimum atomic E-state index is 0.250. The number of fused-ring (bicyclic) bond motifs is 1. The van der Waals surface area contributed by atoms with Crippen molar-refractivity contribution in [3.8, 4) is 0 Å². The van der Waals surface area contributed by atoms with Crippen LogP contribution in [0.2, 0.25) is 5.15 Å². The molecule has 6 heteroatoms. The van der Waals surface area contributed by atoms with Crippen LogP contribution in [0.1, 0.15) is 12.5 Å². The number of hydrogen-bond donors (Lipinski definition) is 1. The molecule has 2 rings (SSSR count). The predicted molar refractivity (Wildman–Crippen MR) is 49.6 cm³/mol. The molecule has 0 radical (unpaired) electrons. The van der Waals surface area contributed by atoms with Crippen molar-refractivity contribution in [1.82, 2.24) is 19.8 Å². The fourth-order valence-corrected chi connectivity index (χ4v) is 1.38. The van der Waals surface area contributed by atoms with Crippen molar-refractivity contribution in [2.75, 3.05) is 5.73 Å². The molecule has 0 unspecified atom stereocenters. The third-order valence-corrected chi connectivity index (χ3v) is 2.14. The third kappa shape index (κ3) is 1.21. The maximum Gasteiger partial charge on any atom is 0.243 e. The molecule has 0 bridgehead atoms. The molecule has 0 aliphatic rings. The fourth-order valence-electron chi connectivity index (χ4n) is 1.11. The van der Waals surface area contributed by atoms with Gasteiger partial charge in [-0.3, -0.25) is 0 Å². The van der Waals surface area contributed by atoms with Crippen LogP contribution in [0.5, 0.6) is 0 Å². The van der Waals surface area contributed by atoms with Crippen LogP contribution in [0.25, 0.3) is 5.65 Å². The summed E-state index contributed by atoms with van der Waals surface area (Å²) in [6.07, 6.45) is 0.815. The maximum atomic E-state index is 5.89. The Morgan fingerprint density at radius 2 is 2.31 bits per heavy atom. The summed E-state index contributed by atoms with van der Waals surface area (Å²) < 4.78 is 1.42. The van der Waals surface area contributed by atoms with E-state index in [4.69, 9.17) is 17.3 Å². The molecule has 2 N–H and O–H groups in total. The highest BCUT2D eigenvalue weighted by molar-refractivity contribution is 6.30. The van der Waals surface area contributed by atoms with Gasteiger partial charge in [0.2, 0.25) is 5.95 Å². The molecule has 2 aromatic rings. The lowest BCUT2D eigenvalue weighted by Crippen LogP contribution is -2.00. The largest absolute Gasteiger partial charge is 0.366 e. The van der Waals surface area contributed by atoms with Crippen molar-refractivity contribution >= 4 is 23.2 Å². The summed E-state index contributed by atoms with van der Waals surface area (Å²) in [5.74, 6) is 0.250. The lowest BCUT2D eigenvalue weighted by molar-refractivity contribution is 0.918. The molecule has 0 amide bonds. The normalized spacial score (nSPS) is 10.9. The van der Waals surface area contributed by atoms with Gasteiger partial charge in [0.05, 0.1) is 0 Å². The van der Waals surface area contributed by atoms with Crippen molar-refractivity contribution in [3.05, 3.63) is 16.8 Å². The minimum Gasteiger partial charge on any atom is -0.366 e. The quantitative estimate of drug-likeness (QED) is 0.738. The van der Waals surface area contributed by atoms with Gasteiger partial charge in [-0.05, 0) is 18.1 Å². The third-order valence-electron chi connectivity index (χ3n) is 1.83. The van der Waals surface area contributed by atoms with Crippen molar-refractivity contribution in [2.24, 2.45) is 0 Å². The molecule has 0 aliphatic carbocycles. The molecule has 0 spiro atoms. The Kier molecular flexibility index (Phi) is 1.81. The van der Waals surface area contributed by atoms with Crippen molar-refractivity contribution < 1.29 is 0 Å². The summed E-state index contributed by atoms with van der Waals surface area (Å²) in [7, 11) is 0. The molecule has 68 valence electrons. The van der Waals surface area contributed by atoms with Crippen molar-refractivity contribution in [1.29, 1.82) is 0 Å². The average Bonchev–Trinajstić information content (AvgIpc) is 2.47. The number of aryl methyl sites for hydroxylation is 1. The van der Waals surface area contributed by atoms with Crippen LogP contribution in [0, 0.1) is 0 Å². The van der Waals surface area contributed by atoms with Gasteiger partial charge in [0.15, 0.2) is 10.8 Å². The maximum absolute atomic E-state index is 5.89. The number of nitrogens with zero attached hydrogens (tertiary/aromatic N) is 4. The number of aromatic nitrogens is 4. The molecule has 0 atom stereocenters. The van der Waals surface area contributed by atoms with E-state index in [9.17, 15) is 0 Å². The van der Waals surface area contributed by atoms with E-state index >= 15 is 0 Å². The number of halogens is 1. The van der Waals surface area contributed by atoms with Gasteiger partial charge in [0, 0.05) is 0 Å². The first-order valence-corrected chi connectivity index (χ1v) is 4.26. The molecular weight excluding hydrogens is 190 g/mol. The van der Waals surface area contributed by atoms with Gasteiger partial charge >= 0.3 is 0 Å². The molecule has 13 heavy (non-hydrogen) atoms. The van der Waals surface area contributed by atoms with E-state index < -0.39 is 0 Å². The van der Waals surface area contributed by atoms with Crippen LogP contribution >= 0.6 is 11.6 Å². The number of anilines is 1. The highest BCUT2D eigenvalue weighted by Crippen LogP contribution is 2.15. The van der Waals surface area contributed by atoms with Crippen molar-refractivity contribution in [3.63, 3.8) is 0 Å². The summed E-state index contributed by atoms with van der Waals surface area (Å²) in [6.45, 7) is 2.00. The van der Waals surface area contributed by atoms with Gasteiger partial charge in [0.25, 0.3) is 0 Å². The SMILES string of the molecule is CCc1cc2nnc(N)n2nc1Cl. The Morgan fingerprint density at radius 1 is 1.54 bits per heavy atom. The van der Waals surface area contributed by atoms with E-state index in [1.807, 2.05) is 13.0 Å². The lowest BCUT2D eigenvalue weighted by Gasteiger charge is -1.99. The zero-order chi connectivity index (χ0) is 9.42. The Labute approximate surface area is 79.5 Å². The summed E-state index contributed by atoms with van der Waals surface area (Å²) in [5.41, 5.74) is 7.07. The fraction of sp³-hybridized carbons (Fsp3) is 0.286. The Hall–Kier alpha value is -1.36. The molecule has 0 fully saturated rings. The van der Waals surface area contributed by atoms with E-state index in [0.29, 0.717) is 10.8 Å². The van der Waals surface area contributed by atoms with E-state index in [2.05, 4.69) is 15.3 Å². The summed E-state index contributed by atoms with van der Waals surface area (Å²) in [6, 6.07) is 1.83. The Bertz CT molecular complexity index is 449. The summed E-state index contributed by atoms with van der Waals surface area (Å²) in [5, 5.41) is 12.0. The van der Waals surface area contributed by atoms with Crippen LogP contribution in [-0.2, 0) is 6.42 Å². The van der Waals surface area contributed by atoms with Gasteiger partial charge in [-0.15, -0.1) is 10.2 Å². The van der Waals surface area contributed by atoms with Gasteiger partial charge in [-0.25, -0.2) is 0 Å². The lowest BCUT2D eigenvalue weighted by atomic mass is 10.2. The van der Waals surface area contributed by atoms with Crippen LogP contribution < -0.4 is 5.73 Å². The molecule has 0 aromatic carbocycles. The molecule has 5 nitrogen and oxygen atoms in total. The molecule has 0 aliphatic heterocycles. The molecular formula is C7H8ClN5. The number of nitrogens with two attached hydrogens (primary N) is 1. The highest BCUT2D eigenvalue weighted by atomic mass is 35.5. The van der Waals surface area contributed by atoms with Crippen LogP contribution in [-0.4, -0.2) is 19.8 Å². The summed E-state index contributed by atoms with van der Waals surface area (Å²) >= 11 is 5.89. The van der Waals surface area contributed by atoms with Gasteiger partial charge in [-0.2, -0.15) is 9.61 Å². The molecule has 2 heterocycles. The standard InChI is InChI=1S/C7H8ClN5/c1-2-4-3-5-10-11-7(9)13(5)12-6(4)8/h3H,2H2,1H3,(H2,9,11). The number of hydrogen-bond acceptors (Lipinski definition) is 4. The first kappa shape index (κ1) is 8.25. The van der Waals surface area contributed by atoms with Crippen LogP contribution in [0.15, 0.2) is 6.07 Å². The smallest absolute Gasteiger partial charge is 0.243 e. The van der Waals surface area contributed by atoms with Gasteiger partial charge < -0.3 is 5.73 Å². The Morgan fingerprint density at radius 3 is 3.00 bits per heavy atom. The van der Waals surface area contributed by atoms with Crippen LogP contribution in [0.3, 0.4) is 0 Å². The van der Waals surface area contributed by atoms with E-state index in [0.717, 1.165) is 12.0 Å². The summed E-state index contributed by atoms with van der Waals surface area (Å²) in [4.78, 5) is 0. The zero-order valence-electron chi connectivity index (χ0n) is 7.03. The van der Waals surface area contributed by atoms with Gasteiger partial charge in [-0.1, -0.05) is 18.5 Å². The second kappa shape index (κ2) is 2.85. The van der Waals surface area contributed by atoms with Gasteiger partial charge in [0.1, 0.15) is 0 Å². The molecule has 0 saturated carbocycles. The minimum absolute atomic E-state index is 0.250. The van der Waals surface area contributed by atoms with Crippen LogP contribution in [0.4, 0.5) is 5.95 Å². The molecule has 2 aromatic heterocycles. The molecule has 0 saturated heterocycles. The van der Waals surface area contributed by atoms with E-state index in [1.54, 1.807) is 0 Å². The van der Waals surface area contributed by atoms with Crippen molar-refractivity contribution in [2.45, 2.75) is 13.3 Å². The number of rotatable bonds is 1. The van der Waals surface area contributed by atoms with E-state index in [-0.39, 0.29) is 5.95 Å². The number of nitrogen functional groups attached to an aromatic ring is 1. The Balaban J connectivity index is 2.76. The topological polar surface area (TPSA) is 69.1 Å². The second-order valence-corrected chi connectivity index (χ2v) is 3.00. The zero-order valence-corrected chi connectivity index (χ0v) is 7.78. The average molecular weight is 198 g/mol. The monoisotopic (exact) mass is 197 g/mol. The first-order valence-electron chi connectivity index (χ1n) is 3.88.